The van der Waals surface area contributed by atoms with Crippen molar-refractivity contribution in [3.8, 4) is 0 Å². The van der Waals surface area contributed by atoms with Gasteiger partial charge in [0.15, 0.2) is 0 Å². The second kappa shape index (κ2) is 9.92. The van der Waals surface area contributed by atoms with Crippen LogP contribution in [-0.4, -0.2) is 41.4 Å². The van der Waals surface area contributed by atoms with Crippen LogP contribution in [0.15, 0.2) is 73.3 Å². The van der Waals surface area contributed by atoms with Crippen molar-refractivity contribution < 1.29 is 19.0 Å². The predicted octanol–water partition coefficient (Wildman–Crippen LogP) is 4.96. The third kappa shape index (κ3) is 5.94. The molecule has 1 heterocycles. The van der Waals surface area contributed by atoms with Crippen molar-refractivity contribution in [2.45, 2.75) is 57.8 Å². The van der Waals surface area contributed by atoms with Gasteiger partial charge in [0.25, 0.3) is 0 Å². The van der Waals surface area contributed by atoms with Crippen LogP contribution in [-0.2, 0) is 27.4 Å². The highest BCUT2D eigenvalue weighted by Gasteiger charge is 2.45. The largest absolute Gasteiger partial charge is 0.444 e. The Bertz CT molecular complexity index is 816. The van der Waals surface area contributed by atoms with Gasteiger partial charge >= 0.3 is 6.09 Å². The third-order valence-corrected chi connectivity index (χ3v) is 4.90. The van der Waals surface area contributed by atoms with Crippen molar-refractivity contribution in [2.24, 2.45) is 0 Å². The molecule has 0 aromatic heterocycles. The van der Waals surface area contributed by atoms with Gasteiger partial charge < -0.3 is 14.2 Å². The molecule has 1 amide bonds. The maximum absolute atomic E-state index is 12.8. The van der Waals surface area contributed by atoms with Gasteiger partial charge in [-0.15, -0.1) is 6.58 Å². The number of benzene rings is 2. The minimum Gasteiger partial charge on any atom is -0.444 e. The zero-order chi connectivity index (χ0) is 21.6. The summed E-state index contributed by atoms with van der Waals surface area (Å²) in [5, 5.41) is 0. The standard InChI is InChI=1S/C25H31NO4/c1-5-21-23(29-18-20-14-10-7-11-15-20)22(28-17-19-12-8-6-9-13-19)16-26(21)24(27)30-25(2,3)4/h5-15,21-23H,1,16-18H2,2-4H3/t21-,22-,23-/m0/s1. The van der Waals surface area contributed by atoms with Crippen LogP contribution < -0.4 is 0 Å². The number of rotatable bonds is 7. The van der Waals surface area contributed by atoms with E-state index in [-0.39, 0.29) is 24.3 Å². The van der Waals surface area contributed by atoms with E-state index in [0.717, 1.165) is 11.1 Å². The Morgan fingerprint density at radius 1 is 1.00 bits per heavy atom. The van der Waals surface area contributed by atoms with Gasteiger partial charge in [0.1, 0.15) is 17.8 Å². The fraction of sp³-hybridized carbons (Fsp3) is 0.400. The lowest BCUT2D eigenvalue weighted by atomic mass is 10.1. The van der Waals surface area contributed by atoms with E-state index in [4.69, 9.17) is 14.2 Å². The molecule has 1 aliphatic rings. The average Bonchev–Trinajstić information content (AvgIpc) is 3.09. The number of likely N-dealkylation sites (tertiary alicyclic amines) is 1. The van der Waals surface area contributed by atoms with E-state index in [9.17, 15) is 4.79 Å². The van der Waals surface area contributed by atoms with Crippen LogP contribution in [0.4, 0.5) is 4.79 Å². The summed E-state index contributed by atoms with van der Waals surface area (Å²) >= 11 is 0. The van der Waals surface area contributed by atoms with Crippen LogP contribution in [0.1, 0.15) is 31.9 Å². The molecule has 0 saturated carbocycles. The first kappa shape index (κ1) is 22.1. The van der Waals surface area contributed by atoms with Crippen LogP contribution in [0.5, 0.6) is 0 Å². The molecule has 3 atom stereocenters. The maximum Gasteiger partial charge on any atom is 0.410 e. The van der Waals surface area contributed by atoms with E-state index in [1.807, 2.05) is 81.4 Å². The van der Waals surface area contributed by atoms with E-state index in [1.54, 1.807) is 11.0 Å². The lowest BCUT2D eigenvalue weighted by molar-refractivity contribution is -0.0660. The number of ether oxygens (including phenoxy) is 3. The first-order valence-corrected chi connectivity index (χ1v) is 10.3. The first-order valence-electron chi connectivity index (χ1n) is 10.3. The molecule has 2 aromatic carbocycles. The van der Waals surface area contributed by atoms with Crippen LogP contribution in [0.25, 0.3) is 0 Å². The van der Waals surface area contributed by atoms with Crippen molar-refractivity contribution in [3.05, 3.63) is 84.4 Å². The molecule has 1 fully saturated rings. The maximum atomic E-state index is 12.8. The van der Waals surface area contributed by atoms with Gasteiger partial charge in [-0.2, -0.15) is 0 Å². The van der Waals surface area contributed by atoms with Crippen LogP contribution in [0.2, 0.25) is 0 Å². The summed E-state index contributed by atoms with van der Waals surface area (Å²) < 4.78 is 18.1. The second-order valence-corrected chi connectivity index (χ2v) is 8.46. The Morgan fingerprint density at radius 2 is 1.53 bits per heavy atom. The Morgan fingerprint density at radius 3 is 2.03 bits per heavy atom. The predicted molar refractivity (Wildman–Crippen MR) is 117 cm³/mol. The molecule has 2 aromatic rings. The van der Waals surface area contributed by atoms with Gasteiger partial charge in [0.2, 0.25) is 0 Å². The van der Waals surface area contributed by atoms with Crippen molar-refractivity contribution in [2.75, 3.05) is 6.54 Å². The average molecular weight is 410 g/mol. The van der Waals surface area contributed by atoms with Gasteiger partial charge in [-0.25, -0.2) is 4.79 Å². The van der Waals surface area contributed by atoms with Crippen LogP contribution in [0, 0.1) is 0 Å². The number of carbonyl (C=O) groups excluding carboxylic acids is 1. The van der Waals surface area contributed by atoms with Gasteiger partial charge in [0.05, 0.1) is 25.8 Å². The molecule has 5 heteroatoms. The van der Waals surface area contributed by atoms with Gasteiger partial charge in [-0.3, -0.25) is 4.90 Å². The molecule has 1 aliphatic heterocycles. The quantitative estimate of drug-likeness (QED) is 0.606. The normalized spacial score (nSPS) is 21.4. The van der Waals surface area contributed by atoms with Crippen molar-refractivity contribution in [1.29, 1.82) is 0 Å². The zero-order valence-electron chi connectivity index (χ0n) is 18.0. The summed E-state index contributed by atoms with van der Waals surface area (Å²) in [6.07, 6.45) is 0.737. The van der Waals surface area contributed by atoms with Crippen molar-refractivity contribution >= 4 is 6.09 Å². The van der Waals surface area contributed by atoms with E-state index in [1.165, 1.54) is 0 Å². The first-order chi connectivity index (χ1) is 14.4. The Hall–Kier alpha value is -2.63. The summed E-state index contributed by atoms with van der Waals surface area (Å²) in [6, 6.07) is 19.6. The monoisotopic (exact) mass is 409 g/mol. The number of hydrogen-bond acceptors (Lipinski definition) is 4. The lowest BCUT2D eigenvalue weighted by Gasteiger charge is -2.28. The minimum atomic E-state index is -0.577. The summed E-state index contributed by atoms with van der Waals surface area (Å²) in [7, 11) is 0. The highest BCUT2D eigenvalue weighted by atomic mass is 16.6. The number of amides is 1. The summed E-state index contributed by atoms with van der Waals surface area (Å²) in [6.45, 7) is 10.8. The van der Waals surface area contributed by atoms with Gasteiger partial charge in [-0.05, 0) is 31.9 Å². The summed E-state index contributed by atoms with van der Waals surface area (Å²) in [5.41, 5.74) is 1.56. The number of nitrogens with zero attached hydrogens (tertiary/aromatic N) is 1. The molecular formula is C25H31NO4. The molecule has 3 rings (SSSR count). The lowest BCUT2D eigenvalue weighted by Crippen LogP contribution is -2.42. The molecule has 0 radical (unpaired) electrons. The van der Waals surface area contributed by atoms with Crippen molar-refractivity contribution in [3.63, 3.8) is 0 Å². The zero-order valence-corrected chi connectivity index (χ0v) is 18.0. The summed E-state index contributed by atoms with van der Waals surface area (Å²) in [5.74, 6) is 0. The van der Waals surface area contributed by atoms with Crippen LogP contribution >= 0.6 is 0 Å². The highest BCUT2D eigenvalue weighted by Crippen LogP contribution is 2.28. The van der Waals surface area contributed by atoms with Gasteiger partial charge in [-0.1, -0.05) is 66.7 Å². The molecule has 160 valence electrons. The Labute approximate surface area is 179 Å². The second-order valence-electron chi connectivity index (χ2n) is 8.46. The molecule has 0 spiro atoms. The SMILES string of the molecule is C=C[C@H]1[C@H](OCc2ccccc2)[C@@H](OCc2ccccc2)CN1C(=O)OC(C)(C)C. The molecule has 0 bridgehead atoms. The molecule has 5 nitrogen and oxygen atoms in total. The fourth-order valence-electron chi connectivity index (χ4n) is 3.49. The Kier molecular flexibility index (Phi) is 7.29. The molecular weight excluding hydrogens is 378 g/mol. The minimum absolute atomic E-state index is 0.288. The number of hydrogen-bond donors (Lipinski definition) is 0. The molecule has 0 N–H and O–H groups in total. The molecule has 0 unspecified atom stereocenters. The summed E-state index contributed by atoms with van der Waals surface area (Å²) in [4.78, 5) is 14.5. The van der Waals surface area contributed by atoms with E-state index < -0.39 is 5.60 Å². The smallest absolute Gasteiger partial charge is 0.410 e. The van der Waals surface area contributed by atoms with Gasteiger partial charge in [0, 0.05) is 0 Å². The van der Waals surface area contributed by atoms with E-state index in [2.05, 4.69) is 6.58 Å². The van der Waals surface area contributed by atoms with Crippen molar-refractivity contribution in [1.82, 2.24) is 4.90 Å². The Balaban J connectivity index is 1.75. The third-order valence-electron chi connectivity index (χ3n) is 4.90. The fourth-order valence-corrected chi connectivity index (χ4v) is 3.49. The molecule has 1 saturated heterocycles. The van der Waals surface area contributed by atoms with E-state index in [0.29, 0.717) is 19.8 Å². The highest BCUT2D eigenvalue weighted by molar-refractivity contribution is 5.69. The molecule has 30 heavy (non-hydrogen) atoms. The number of carbonyl (C=O) groups is 1. The molecule has 0 aliphatic carbocycles. The topological polar surface area (TPSA) is 48.0 Å². The van der Waals surface area contributed by atoms with E-state index >= 15 is 0 Å². The van der Waals surface area contributed by atoms with Crippen LogP contribution in [0.3, 0.4) is 0 Å².